The highest BCUT2D eigenvalue weighted by molar-refractivity contribution is 5.92. The Balaban J connectivity index is 2.27. The molecule has 1 atom stereocenters. The second-order valence-electron chi connectivity index (χ2n) is 8.00. The summed E-state index contributed by atoms with van der Waals surface area (Å²) in [4.78, 5) is 24.0. The molecule has 29 heavy (non-hydrogen) atoms. The van der Waals surface area contributed by atoms with Gasteiger partial charge in [-0.25, -0.2) is 4.79 Å². The van der Waals surface area contributed by atoms with Crippen molar-refractivity contribution in [2.75, 3.05) is 11.9 Å². The maximum atomic E-state index is 12.3. The summed E-state index contributed by atoms with van der Waals surface area (Å²) in [6, 6.07) is 15.7. The first-order valence-electron chi connectivity index (χ1n) is 10.0. The molecule has 0 spiro atoms. The number of nitrogens with one attached hydrogen (secondary N) is 1. The largest absolute Gasteiger partial charge is 0.466 e. The Morgan fingerprint density at radius 2 is 1.62 bits per heavy atom. The molecule has 0 saturated heterocycles. The molecule has 2 aromatic rings. The standard InChI is InChI=1S/C24H31NO4/c1-6-28-22(26)16-15-17(2)18-11-7-8-12-19(18)20-13-9-10-14-21(20)25-23(27)29-24(3,4)5/h7-14,17H,6,15-16H2,1-5H3,(H,25,27). The van der Waals surface area contributed by atoms with Crippen molar-refractivity contribution < 1.29 is 19.1 Å². The summed E-state index contributed by atoms with van der Waals surface area (Å²) in [6.07, 6.45) is 0.580. The Morgan fingerprint density at radius 1 is 1.00 bits per heavy atom. The molecule has 156 valence electrons. The summed E-state index contributed by atoms with van der Waals surface area (Å²) in [5, 5.41) is 2.86. The van der Waals surface area contributed by atoms with E-state index in [9.17, 15) is 9.59 Å². The van der Waals surface area contributed by atoms with Crippen LogP contribution in [-0.2, 0) is 14.3 Å². The topological polar surface area (TPSA) is 64.6 Å². The minimum atomic E-state index is -0.571. The number of esters is 1. The van der Waals surface area contributed by atoms with Gasteiger partial charge in [-0.1, -0.05) is 49.4 Å². The molecule has 0 aromatic heterocycles. The van der Waals surface area contributed by atoms with Gasteiger partial charge in [-0.2, -0.15) is 0 Å². The molecular weight excluding hydrogens is 366 g/mol. The number of anilines is 1. The van der Waals surface area contributed by atoms with Gasteiger partial charge < -0.3 is 9.47 Å². The van der Waals surface area contributed by atoms with E-state index in [4.69, 9.17) is 9.47 Å². The van der Waals surface area contributed by atoms with Crippen molar-refractivity contribution in [1.29, 1.82) is 0 Å². The van der Waals surface area contributed by atoms with Gasteiger partial charge in [-0.3, -0.25) is 10.1 Å². The monoisotopic (exact) mass is 397 g/mol. The van der Waals surface area contributed by atoms with Gasteiger partial charge in [0.2, 0.25) is 0 Å². The summed E-state index contributed by atoms with van der Waals surface area (Å²) >= 11 is 0. The molecule has 1 N–H and O–H groups in total. The maximum absolute atomic E-state index is 12.3. The van der Waals surface area contributed by atoms with Crippen molar-refractivity contribution in [1.82, 2.24) is 0 Å². The number of para-hydroxylation sites is 1. The van der Waals surface area contributed by atoms with Crippen LogP contribution in [0.25, 0.3) is 11.1 Å². The van der Waals surface area contributed by atoms with Crippen LogP contribution < -0.4 is 5.32 Å². The van der Waals surface area contributed by atoms with Crippen LogP contribution in [0.2, 0.25) is 0 Å². The van der Waals surface area contributed by atoms with E-state index >= 15 is 0 Å². The lowest BCUT2D eigenvalue weighted by molar-refractivity contribution is -0.143. The summed E-state index contributed by atoms with van der Waals surface area (Å²) < 4.78 is 10.4. The Labute approximate surface area is 173 Å². The second-order valence-corrected chi connectivity index (χ2v) is 8.00. The average Bonchev–Trinajstić information content (AvgIpc) is 2.65. The van der Waals surface area contributed by atoms with E-state index in [1.165, 1.54) is 0 Å². The zero-order valence-corrected chi connectivity index (χ0v) is 18.0. The van der Waals surface area contributed by atoms with Gasteiger partial charge >= 0.3 is 12.1 Å². The Hall–Kier alpha value is -2.82. The fraction of sp³-hybridized carbons (Fsp3) is 0.417. The van der Waals surface area contributed by atoms with Gasteiger partial charge in [-0.05, 0) is 57.2 Å². The third-order valence-corrected chi connectivity index (χ3v) is 4.43. The van der Waals surface area contributed by atoms with Gasteiger partial charge in [0.05, 0.1) is 12.3 Å². The summed E-state index contributed by atoms with van der Waals surface area (Å²) in [5.41, 5.74) is 3.17. The maximum Gasteiger partial charge on any atom is 0.412 e. The molecule has 0 fully saturated rings. The number of hydrogen-bond acceptors (Lipinski definition) is 4. The molecule has 2 rings (SSSR count). The molecule has 5 nitrogen and oxygen atoms in total. The van der Waals surface area contributed by atoms with E-state index in [1.54, 1.807) is 0 Å². The molecule has 0 bridgehead atoms. The minimum Gasteiger partial charge on any atom is -0.466 e. The zero-order chi connectivity index (χ0) is 21.4. The fourth-order valence-electron chi connectivity index (χ4n) is 3.14. The van der Waals surface area contributed by atoms with Crippen LogP contribution in [-0.4, -0.2) is 24.3 Å². The quantitative estimate of drug-likeness (QED) is 0.569. The number of hydrogen-bond donors (Lipinski definition) is 1. The molecule has 0 radical (unpaired) electrons. The van der Waals surface area contributed by atoms with Crippen molar-refractivity contribution in [3.8, 4) is 11.1 Å². The van der Waals surface area contributed by atoms with Crippen LogP contribution >= 0.6 is 0 Å². The van der Waals surface area contributed by atoms with Crippen LogP contribution in [0.4, 0.5) is 10.5 Å². The first kappa shape index (κ1) is 22.5. The summed E-state index contributed by atoms with van der Waals surface area (Å²) in [7, 11) is 0. The van der Waals surface area contributed by atoms with E-state index in [0.717, 1.165) is 16.7 Å². The highest BCUT2D eigenvalue weighted by atomic mass is 16.6. The van der Waals surface area contributed by atoms with Gasteiger partial charge in [-0.15, -0.1) is 0 Å². The fourth-order valence-corrected chi connectivity index (χ4v) is 3.14. The number of amides is 1. The molecule has 0 aliphatic heterocycles. The van der Waals surface area contributed by atoms with Gasteiger partial charge in [0.15, 0.2) is 0 Å². The number of carbonyl (C=O) groups excluding carboxylic acids is 2. The lowest BCUT2D eigenvalue weighted by Crippen LogP contribution is -2.27. The number of benzene rings is 2. The van der Waals surface area contributed by atoms with Crippen LogP contribution in [0.5, 0.6) is 0 Å². The Morgan fingerprint density at radius 3 is 2.28 bits per heavy atom. The second kappa shape index (κ2) is 10.1. The summed E-state index contributed by atoms with van der Waals surface area (Å²) in [5.74, 6) is -0.0194. The van der Waals surface area contributed by atoms with Crippen LogP contribution in [0.1, 0.15) is 58.9 Å². The van der Waals surface area contributed by atoms with Gasteiger partial charge in [0, 0.05) is 12.0 Å². The SMILES string of the molecule is CCOC(=O)CCC(C)c1ccccc1-c1ccccc1NC(=O)OC(C)(C)C. The third kappa shape index (κ3) is 6.93. The third-order valence-electron chi connectivity index (χ3n) is 4.43. The van der Waals surface area contributed by atoms with E-state index in [0.29, 0.717) is 25.1 Å². The van der Waals surface area contributed by atoms with Crippen LogP contribution in [0.15, 0.2) is 48.5 Å². The number of carbonyl (C=O) groups is 2. The van der Waals surface area contributed by atoms with Crippen molar-refractivity contribution in [2.45, 2.75) is 59.0 Å². The summed E-state index contributed by atoms with van der Waals surface area (Å²) in [6.45, 7) is 9.80. The highest BCUT2D eigenvalue weighted by Gasteiger charge is 2.19. The molecule has 5 heteroatoms. The molecule has 2 aromatic carbocycles. The molecule has 0 heterocycles. The predicted molar refractivity (Wildman–Crippen MR) is 116 cm³/mol. The predicted octanol–water partition coefficient (Wildman–Crippen LogP) is 6.15. The van der Waals surface area contributed by atoms with Gasteiger partial charge in [0.25, 0.3) is 0 Å². The first-order valence-corrected chi connectivity index (χ1v) is 10.0. The molecule has 0 aliphatic carbocycles. The normalized spacial score (nSPS) is 12.2. The zero-order valence-electron chi connectivity index (χ0n) is 18.0. The number of ether oxygens (including phenoxy) is 2. The van der Waals surface area contributed by atoms with E-state index < -0.39 is 11.7 Å². The van der Waals surface area contributed by atoms with E-state index in [2.05, 4.69) is 18.3 Å². The lowest BCUT2D eigenvalue weighted by Gasteiger charge is -2.21. The van der Waals surface area contributed by atoms with Crippen LogP contribution in [0, 0.1) is 0 Å². The minimum absolute atomic E-state index is 0.158. The van der Waals surface area contributed by atoms with Crippen LogP contribution in [0.3, 0.4) is 0 Å². The smallest absolute Gasteiger partial charge is 0.412 e. The Kier molecular flexibility index (Phi) is 7.82. The van der Waals surface area contributed by atoms with Crippen molar-refractivity contribution >= 4 is 17.7 Å². The Bertz CT molecular complexity index is 839. The first-order chi connectivity index (χ1) is 13.7. The molecule has 1 amide bonds. The van der Waals surface area contributed by atoms with Crippen molar-refractivity contribution in [3.05, 3.63) is 54.1 Å². The number of rotatable bonds is 7. The molecule has 1 unspecified atom stereocenters. The van der Waals surface area contributed by atoms with E-state index in [-0.39, 0.29) is 11.9 Å². The molecule has 0 aliphatic rings. The lowest BCUT2D eigenvalue weighted by atomic mass is 9.88. The van der Waals surface area contributed by atoms with Crippen molar-refractivity contribution in [2.24, 2.45) is 0 Å². The highest BCUT2D eigenvalue weighted by Crippen LogP contribution is 2.35. The molecule has 0 saturated carbocycles. The van der Waals surface area contributed by atoms with Crippen molar-refractivity contribution in [3.63, 3.8) is 0 Å². The van der Waals surface area contributed by atoms with Gasteiger partial charge in [0.1, 0.15) is 5.60 Å². The van der Waals surface area contributed by atoms with E-state index in [1.807, 2.05) is 70.2 Å². The average molecular weight is 398 g/mol. The molecular formula is C24H31NO4.